The molecule has 1 fully saturated rings. The van der Waals surface area contributed by atoms with Crippen molar-refractivity contribution in [2.45, 2.75) is 52.6 Å². The number of likely N-dealkylation sites (N-methyl/N-ethyl adjacent to an activating group) is 1. The van der Waals surface area contributed by atoms with Crippen LogP contribution in [0.5, 0.6) is 6.01 Å². The van der Waals surface area contributed by atoms with Crippen molar-refractivity contribution in [2.75, 3.05) is 50.4 Å². The number of aryl methyl sites for hydroxylation is 1. The zero-order valence-corrected chi connectivity index (χ0v) is 23.0. The van der Waals surface area contributed by atoms with E-state index in [1.807, 2.05) is 13.1 Å². The average molecular weight is 540 g/mol. The van der Waals surface area contributed by atoms with Crippen LogP contribution in [0.1, 0.15) is 49.9 Å². The Morgan fingerprint density at radius 2 is 1.92 bits per heavy atom. The predicted octanol–water partition coefficient (Wildman–Crippen LogP) is 2.22. The van der Waals surface area contributed by atoms with Gasteiger partial charge >= 0.3 is 12.1 Å². The quantitative estimate of drug-likeness (QED) is 0.392. The van der Waals surface area contributed by atoms with Crippen LogP contribution in [0.15, 0.2) is 18.5 Å². The third-order valence-electron chi connectivity index (χ3n) is 6.90. The number of imidazole rings is 1. The molecule has 39 heavy (non-hydrogen) atoms. The highest BCUT2D eigenvalue weighted by Gasteiger charge is 2.24. The summed E-state index contributed by atoms with van der Waals surface area (Å²) in [6, 6.07) is 2.34. The smallest absolute Gasteiger partial charge is 0.407 e. The molecule has 1 aliphatic rings. The molecule has 1 unspecified atom stereocenters. The molecule has 1 saturated heterocycles. The molecule has 13 heteroatoms. The average Bonchev–Trinajstić information content (AvgIpc) is 3.31. The van der Waals surface area contributed by atoms with Crippen LogP contribution in [-0.4, -0.2) is 97.3 Å². The molecule has 0 radical (unpaired) electrons. The van der Waals surface area contributed by atoms with E-state index in [9.17, 15) is 9.59 Å². The number of hydrogen-bond donors (Lipinski definition) is 2. The summed E-state index contributed by atoms with van der Waals surface area (Å²) in [7, 11) is 1.39. The van der Waals surface area contributed by atoms with E-state index >= 15 is 0 Å². The molecular formula is C26H37N9O4. The molecule has 4 rings (SSSR count). The fourth-order valence-electron chi connectivity index (χ4n) is 4.72. The summed E-state index contributed by atoms with van der Waals surface area (Å²) in [5, 5.41) is 13.6. The number of fused-ring (bicyclic) bond motifs is 1. The van der Waals surface area contributed by atoms with Gasteiger partial charge in [0.25, 0.3) is 0 Å². The Balaban J connectivity index is 1.43. The van der Waals surface area contributed by atoms with E-state index < -0.39 is 6.09 Å². The summed E-state index contributed by atoms with van der Waals surface area (Å²) in [6.07, 6.45) is 5.84. The van der Waals surface area contributed by atoms with Crippen LogP contribution < -0.4 is 15.4 Å². The number of nitrogens with two attached hydrogens (primary N) is 1. The van der Waals surface area contributed by atoms with Crippen molar-refractivity contribution < 1.29 is 19.4 Å². The molecule has 210 valence electrons. The van der Waals surface area contributed by atoms with E-state index in [-0.39, 0.29) is 30.4 Å². The maximum atomic E-state index is 12.4. The second-order valence-electron chi connectivity index (χ2n) is 9.87. The Hall–Kier alpha value is -4.16. The first-order chi connectivity index (χ1) is 18.7. The van der Waals surface area contributed by atoms with Crippen LogP contribution in [-0.2, 0) is 11.2 Å². The lowest BCUT2D eigenvalue weighted by molar-refractivity contribution is -0.132. The monoisotopic (exact) mass is 539 g/mol. The van der Waals surface area contributed by atoms with E-state index in [2.05, 4.69) is 39.9 Å². The predicted molar refractivity (Wildman–Crippen MR) is 146 cm³/mol. The normalized spacial score (nSPS) is 14.5. The van der Waals surface area contributed by atoms with Crippen molar-refractivity contribution in [3.63, 3.8) is 0 Å². The number of aromatic nitrogens is 5. The second kappa shape index (κ2) is 12.1. The molecule has 2 amide bonds. The lowest BCUT2D eigenvalue weighted by atomic mass is 10.1. The fraction of sp³-hybridized carbons (Fsp3) is 0.538. The molecular weight excluding hydrogens is 502 g/mol. The highest BCUT2D eigenvalue weighted by molar-refractivity contribution is 5.82. The van der Waals surface area contributed by atoms with Crippen molar-refractivity contribution in [3.8, 4) is 6.01 Å². The number of carbonyl (C=O) groups is 2. The van der Waals surface area contributed by atoms with Gasteiger partial charge in [0.15, 0.2) is 11.5 Å². The number of ether oxygens (including phenoxy) is 1. The van der Waals surface area contributed by atoms with Gasteiger partial charge in [0, 0.05) is 45.8 Å². The number of carboxylic acid groups (broad SMARTS) is 1. The van der Waals surface area contributed by atoms with Crippen molar-refractivity contribution in [3.05, 3.63) is 35.3 Å². The maximum Gasteiger partial charge on any atom is 0.407 e. The standard InChI is InChI=1S/C26H37N9O4/c1-5-7-20(6-2)39-25-30-22(27)24-29-15-19(35(24)31-25)13-18-12-17(3)23(28-14-18)34-10-8-33(9-11-34)21(36)16-32(4)26(37)38/h12,14-15,20H,5-11,13,16H2,1-4H3,(H,37,38)(H2,27,30,31). The zero-order valence-electron chi connectivity index (χ0n) is 23.0. The summed E-state index contributed by atoms with van der Waals surface area (Å²) in [5.41, 5.74) is 9.52. The fourth-order valence-corrected chi connectivity index (χ4v) is 4.72. The van der Waals surface area contributed by atoms with Crippen LogP contribution in [0.25, 0.3) is 5.65 Å². The summed E-state index contributed by atoms with van der Waals surface area (Å²) in [5.74, 6) is 0.950. The van der Waals surface area contributed by atoms with Gasteiger partial charge < -0.3 is 30.3 Å². The van der Waals surface area contributed by atoms with Crippen LogP contribution in [0, 0.1) is 6.92 Å². The minimum Gasteiger partial charge on any atom is -0.465 e. The molecule has 0 saturated carbocycles. The number of hydrogen-bond acceptors (Lipinski definition) is 9. The summed E-state index contributed by atoms with van der Waals surface area (Å²) < 4.78 is 7.69. The second-order valence-corrected chi connectivity index (χ2v) is 9.87. The zero-order chi connectivity index (χ0) is 28.1. The van der Waals surface area contributed by atoms with E-state index in [0.29, 0.717) is 38.2 Å². The van der Waals surface area contributed by atoms with Gasteiger partial charge in [0.2, 0.25) is 5.91 Å². The number of pyridine rings is 1. The molecule has 0 aliphatic carbocycles. The highest BCUT2D eigenvalue weighted by atomic mass is 16.5. The maximum absolute atomic E-state index is 12.4. The lowest BCUT2D eigenvalue weighted by Gasteiger charge is -2.36. The van der Waals surface area contributed by atoms with E-state index in [1.165, 1.54) is 7.05 Å². The molecule has 0 spiro atoms. The lowest BCUT2D eigenvalue weighted by Crippen LogP contribution is -2.51. The van der Waals surface area contributed by atoms with Gasteiger partial charge in [-0.05, 0) is 30.9 Å². The number of amides is 2. The molecule has 13 nitrogen and oxygen atoms in total. The molecule has 0 bridgehead atoms. The largest absolute Gasteiger partial charge is 0.465 e. The highest BCUT2D eigenvalue weighted by Crippen LogP contribution is 2.23. The molecule has 3 aromatic rings. The number of anilines is 2. The number of rotatable bonds is 10. The first-order valence-electron chi connectivity index (χ1n) is 13.3. The van der Waals surface area contributed by atoms with E-state index in [0.717, 1.165) is 46.8 Å². The van der Waals surface area contributed by atoms with Gasteiger partial charge in [0.05, 0.1) is 11.9 Å². The van der Waals surface area contributed by atoms with Gasteiger partial charge in [-0.25, -0.2) is 19.3 Å². The number of nitrogens with zero attached hydrogens (tertiary/aromatic N) is 8. The molecule has 4 heterocycles. The molecule has 3 N–H and O–H groups in total. The third-order valence-corrected chi connectivity index (χ3v) is 6.90. The van der Waals surface area contributed by atoms with Crippen LogP contribution in [0.3, 0.4) is 0 Å². The van der Waals surface area contributed by atoms with Crippen LogP contribution in [0.4, 0.5) is 16.4 Å². The van der Waals surface area contributed by atoms with Crippen LogP contribution in [0.2, 0.25) is 0 Å². The number of carbonyl (C=O) groups excluding carboxylic acids is 1. The number of nitrogen functional groups attached to an aromatic ring is 1. The molecule has 1 aliphatic heterocycles. The first-order valence-corrected chi connectivity index (χ1v) is 13.3. The molecule has 1 atom stereocenters. The molecule has 0 aromatic carbocycles. The van der Waals surface area contributed by atoms with E-state index in [1.54, 1.807) is 15.6 Å². The summed E-state index contributed by atoms with van der Waals surface area (Å²) in [4.78, 5) is 41.7. The van der Waals surface area contributed by atoms with Gasteiger partial charge in [0.1, 0.15) is 18.5 Å². The Kier molecular flexibility index (Phi) is 8.67. The topological polar surface area (TPSA) is 155 Å². The summed E-state index contributed by atoms with van der Waals surface area (Å²) in [6.45, 7) is 8.34. The van der Waals surface area contributed by atoms with Crippen LogP contribution >= 0.6 is 0 Å². The van der Waals surface area contributed by atoms with Crippen molar-refractivity contribution in [2.24, 2.45) is 0 Å². The van der Waals surface area contributed by atoms with Crippen molar-refractivity contribution in [1.82, 2.24) is 34.4 Å². The Bertz CT molecular complexity index is 1320. The van der Waals surface area contributed by atoms with Gasteiger partial charge in [-0.3, -0.25) is 4.79 Å². The third kappa shape index (κ3) is 6.47. The van der Waals surface area contributed by atoms with Crippen molar-refractivity contribution >= 4 is 29.3 Å². The van der Waals surface area contributed by atoms with E-state index in [4.69, 9.17) is 20.6 Å². The van der Waals surface area contributed by atoms with Gasteiger partial charge in [-0.15, -0.1) is 5.10 Å². The first kappa shape index (κ1) is 27.9. The Morgan fingerprint density at radius 1 is 1.18 bits per heavy atom. The summed E-state index contributed by atoms with van der Waals surface area (Å²) >= 11 is 0. The van der Waals surface area contributed by atoms with Gasteiger partial charge in [-0.1, -0.05) is 26.3 Å². The number of piperazine rings is 1. The minimum absolute atomic E-state index is 0.0317. The Morgan fingerprint density at radius 3 is 2.56 bits per heavy atom. The minimum atomic E-state index is -1.12. The Labute approximate surface area is 227 Å². The van der Waals surface area contributed by atoms with Crippen molar-refractivity contribution in [1.29, 1.82) is 0 Å². The van der Waals surface area contributed by atoms with Gasteiger partial charge in [-0.2, -0.15) is 4.98 Å². The molecule has 3 aromatic heterocycles. The SMILES string of the molecule is CCCC(CC)Oc1nc(N)c2ncc(Cc3cnc(N4CCN(C(=O)CN(C)C(=O)O)CC4)c(C)c3)n2n1.